The third-order valence-electron chi connectivity index (χ3n) is 2.78. The maximum Gasteiger partial charge on any atom is 0.325 e. The Kier molecular flexibility index (Phi) is 4.54. The van der Waals surface area contributed by atoms with Crippen molar-refractivity contribution in [1.29, 1.82) is 0 Å². The molecule has 2 unspecified atom stereocenters. The molecule has 1 rings (SSSR count). The van der Waals surface area contributed by atoms with Gasteiger partial charge >= 0.3 is 12.0 Å². The molecular formula is C10H18N2O4. The monoisotopic (exact) mass is 230 g/mol. The molecule has 2 amide bonds. The van der Waals surface area contributed by atoms with Gasteiger partial charge in [0, 0.05) is 19.1 Å². The number of nitrogens with one attached hydrogen (secondary N) is 2. The Hall–Kier alpha value is -1.30. The van der Waals surface area contributed by atoms with Crippen LogP contribution in [0.25, 0.3) is 0 Å². The lowest BCUT2D eigenvalue weighted by atomic mass is 10.0. The number of carboxylic acids is 1. The lowest BCUT2D eigenvalue weighted by Gasteiger charge is -2.16. The second-order valence-corrected chi connectivity index (χ2v) is 4.04. The summed E-state index contributed by atoms with van der Waals surface area (Å²) in [5.74, 6) is -0.737. The van der Waals surface area contributed by atoms with Crippen LogP contribution >= 0.6 is 0 Å². The van der Waals surface area contributed by atoms with Crippen molar-refractivity contribution in [2.75, 3.05) is 13.2 Å². The van der Waals surface area contributed by atoms with E-state index in [1.54, 1.807) is 0 Å². The van der Waals surface area contributed by atoms with Gasteiger partial charge in [-0.05, 0) is 20.3 Å². The summed E-state index contributed by atoms with van der Waals surface area (Å²) in [5.41, 5.74) is 0. The first-order valence-electron chi connectivity index (χ1n) is 5.39. The molecule has 0 spiro atoms. The zero-order valence-corrected chi connectivity index (χ0v) is 9.53. The van der Waals surface area contributed by atoms with Crippen LogP contribution in [0.4, 0.5) is 4.79 Å². The highest BCUT2D eigenvalue weighted by Gasteiger charge is 2.24. The zero-order chi connectivity index (χ0) is 12.1. The van der Waals surface area contributed by atoms with Crippen LogP contribution in [0.1, 0.15) is 20.3 Å². The van der Waals surface area contributed by atoms with Crippen molar-refractivity contribution in [3.8, 4) is 0 Å². The number of amides is 2. The molecule has 16 heavy (non-hydrogen) atoms. The van der Waals surface area contributed by atoms with E-state index in [9.17, 15) is 9.59 Å². The Labute approximate surface area is 94.3 Å². The van der Waals surface area contributed by atoms with Crippen molar-refractivity contribution >= 4 is 12.0 Å². The first-order valence-corrected chi connectivity index (χ1v) is 5.39. The molecule has 92 valence electrons. The quantitative estimate of drug-likeness (QED) is 0.643. The second-order valence-electron chi connectivity index (χ2n) is 4.04. The smallest absolute Gasteiger partial charge is 0.325 e. The summed E-state index contributed by atoms with van der Waals surface area (Å²) in [5, 5.41) is 13.6. The molecular weight excluding hydrogens is 212 g/mol. The number of hydrogen-bond donors (Lipinski definition) is 3. The molecule has 6 nitrogen and oxygen atoms in total. The summed E-state index contributed by atoms with van der Waals surface area (Å²) in [6, 6.07) is -1.33. The number of carbonyl (C=O) groups is 2. The van der Waals surface area contributed by atoms with Crippen LogP contribution in [-0.4, -0.2) is 42.4 Å². The molecule has 1 heterocycles. The summed E-state index contributed by atoms with van der Waals surface area (Å²) in [7, 11) is 0. The van der Waals surface area contributed by atoms with Gasteiger partial charge in [0.05, 0.1) is 6.10 Å². The molecule has 0 saturated carbocycles. The molecule has 0 aromatic carbocycles. The van der Waals surface area contributed by atoms with Crippen LogP contribution in [0.15, 0.2) is 0 Å². The number of carboxylic acid groups (broad SMARTS) is 1. The molecule has 3 atom stereocenters. The molecule has 0 aliphatic carbocycles. The van der Waals surface area contributed by atoms with E-state index >= 15 is 0 Å². The van der Waals surface area contributed by atoms with Gasteiger partial charge in [-0.3, -0.25) is 4.79 Å². The molecule has 3 N–H and O–H groups in total. The Balaban J connectivity index is 2.22. The predicted octanol–water partition coefficient (Wildman–Crippen LogP) is 0.184. The average Bonchev–Trinajstić information content (AvgIpc) is 2.61. The van der Waals surface area contributed by atoms with Crippen molar-refractivity contribution in [3.63, 3.8) is 0 Å². The zero-order valence-electron chi connectivity index (χ0n) is 9.53. The van der Waals surface area contributed by atoms with Crippen LogP contribution in [0.5, 0.6) is 0 Å². The Morgan fingerprint density at radius 2 is 2.25 bits per heavy atom. The van der Waals surface area contributed by atoms with Gasteiger partial charge < -0.3 is 20.5 Å². The third-order valence-corrected chi connectivity index (χ3v) is 2.78. The van der Waals surface area contributed by atoms with Gasteiger partial charge in [0.1, 0.15) is 6.04 Å². The molecule has 1 aliphatic heterocycles. The molecule has 6 heteroatoms. The summed E-state index contributed by atoms with van der Waals surface area (Å²) in [4.78, 5) is 21.8. The van der Waals surface area contributed by atoms with Crippen molar-refractivity contribution < 1.29 is 19.4 Å². The predicted molar refractivity (Wildman–Crippen MR) is 57.2 cm³/mol. The standard InChI is InChI=1S/C10H18N2O4/c1-6(9(13)14)12-10(15)11-5-8-3-4-16-7(8)2/h6-8H,3-5H2,1-2H3,(H,13,14)(H2,11,12,15)/t6-,7?,8?/m1/s1. The van der Waals surface area contributed by atoms with Crippen molar-refractivity contribution in [1.82, 2.24) is 10.6 Å². The lowest BCUT2D eigenvalue weighted by Crippen LogP contribution is -2.46. The minimum Gasteiger partial charge on any atom is -0.480 e. The van der Waals surface area contributed by atoms with Gasteiger partial charge in [0.15, 0.2) is 0 Å². The Morgan fingerprint density at radius 3 is 2.75 bits per heavy atom. The number of rotatable bonds is 4. The van der Waals surface area contributed by atoms with Gasteiger partial charge in [-0.15, -0.1) is 0 Å². The van der Waals surface area contributed by atoms with Crippen LogP contribution in [0.2, 0.25) is 0 Å². The number of urea groups is 1. The van der Waals surface area contributed by atoms with Crippen LogP contribution in [0.3, 0.4) is 0 Å². The largest absolute Gasteiger partial charge is 0.480 e. The van der Waals surface area contributed by atoms with Crippen LogP contribution < -0.4 is 10.6 Å². The highest BCUT2D eigenvalue weighted by molar-refractivity contribution is 5.82. The second kappa shape index (κ2) is 5.69. The van der Waals surface area contributed by atoms with Crippen molar-refractivity contribution in [3.05, 3.63) is 0 Å². The minimum absolute atomic E-state index is 0.150. The van der Waals surface area contributed by atoms with Gasteiger partial charge in [0.25, 0.3) is 0 Å². The summed E-state index contributed by atoms with van der Waals surface area (Å²) < 4.78 is 5.35. The summed E-state index contributed by atoms with van der Waals surface area (Å²) in [6.45, 7) is 4.63. The highest BCUT2D eigenvalue weighted by Crippen LogP contribution is 2.18. The maximum atomic E-state index is 11.3. The fourth-order valence-electron chi connectivity index (χ4n) is 1.58. The van der Waals surface area contributed by atoms with E-state index < -0.39 is 18.0 Å². The number of carbonyl (C=O) groups excluding carboxylic acids is 1. The van der Waals surface area contributed by atoms with Gasteiger partial charge in [-0.1, -0.05) is 0 Å². The van der Waals surface area contributed by atoms with Crippen molar-refractivity contribution in [2.45, 2.75) is 32.4 Å². The molecule has 0 aromatic rings. The molecule has 1 fully saturated rings. The fourth-order valence-corrected chi connectivity index (χ4v) is 1.58. The van der Waals surface area contributed by atoms with E-state index in [-0.39, 0.29) is 6.10 Å². The molecule has 1 aliphatic rings. The van der Waals surface area contributed by atoms with Crippen molar-refractivity contribution in [2.24, 2.45) is 5.92 Å². The van der Waals surface area contributed by atoms with Gasteiger partial charge in [-0.25, -0.2) is 4.79 Å². The van der Waals surface area contributed by atoms with Crippen LogP contribution in [-0.2, 0) is 9.53 Å². The molecule has 1 saturated heterocycles. The first kappa shape index (κ1) is 12.8. The average molecular weight is 230 g/mol. The third kappa shape index (κ3) is 3.69. The number of hydrogen-bond acceptors (Lipinski definition) is 3. The molecule has 0 aromatic heterocycles. The van der Waals surface area contributed by atoms with Crippen LogP contribution in [0, 0.1) is 5.92 Å². The molecule has 0 radical (unpaired) electrons. The lowest BCUT2D eigenvalue weighted by molar-refractivity contribution is -0.138. The van der Waals surface area contributed by atoms with Gasteiger partial charge in [0.2, 0.25) is 0 Å². The topological polar surface area (TPSA) is 87.7 Å². The van der Waals surface area contributed by atoms with E-state index in [2.05, 4.69) is 10.6 Å². The highest BCUT2D eigenvalue weighted by atomic mass is 16.5. The minimum atomic E-state index is -1.05. The van der Waals surface area contributed by atoms with Gasteiger partial charge in [-0.2, -0.15) is 0 Å². The Morgan fingerprint density at radius 1 is 1.56 bits per heavy atom. The number of aliphatic carboxylic acids is 1. The van der Waals surface area contributed by atoms with E-state index in [0.717, 1.165) is 13.0 Å². The first-order chi connectivity index (χ1) is 7.50. The number of ether oxygens (including phenoxy) is 1. The summed E-state index contributed by atoms with van der Waals surface area (Å²) >= 11 is 0. The van der Waals surface area contributed by atoms with E-state index in [1.807, 2.05) is 6.92 Å². The van der Waals surface area contributed by atoms with E-state index in [1.165, 1.54) is 6.92 Å². The SMILES string of the molecule is CC1OCCC1CNC(=O)N[C@H](C)C(=O)O. The fraction of sp³-hybridized carbons (Fsp3) is 0.800. The molecule has 0 bridgehead atoms. The maximum absolute atomic E-state index is 11.3. The Bertz CT molecular complexity index is 270. The van der Waals surface area contributed by atoms with E-state index in [0.29, 0.717) is 12.5 Å². The van der Waals surface area contributed by atoms with E-state index in [4.69, 9.17) is 9.84 Å². The normalized spacial score (nSPS) is 26.1. The summed E-state index contributed by atoms with van der Waals surface area (Å²) in [6.07, 6.45) is 1.08.